The molecule has 2 aromatic carbocycles. The minimum Gasteiger partial charge on any atom is -0.493 e. The predicted octanol–water partition coefficient (Wildman–Crippen LogP) is 2.71. The monoisotopic (exact) mass is 412 g/mol. The zero-order valence-electron chi connectivity index (χ0n) is 17.6. The molecular formula is C23H28N2O5. The number of rotatable bonds is 7. The highest BCUT2D eigenvalue weighted by atomic mass is 16.7. The van der Waals surface area contributed by atoms with Crippen LogP contribution in [0, 0.1) is 0 Å². The first kappa shape index (κ1) is 20.3. The second-order valence-corrected chi connectivity index (χ2v) is 7.53. The van der Waals surface area contributed by atoms with Gasteiger partial charge in [-0.25, -0.2) is 0 Å². The lowest BCUT2D eigenvalue weighted by Crippen LogP contribution is -2.48. The standard InChI is InChI=1S/C23H28N2O5/c1-27-19-6-3-17(13-21(19)28-2)5-8-23(26)25-11-9-24(10-12-25)15-18-4-7-20-22(14-18)30-16-29-20/h3-4,6-7,13-14H,5,8-12,15-16H2,1-2H3. The van der Waals surface area contributed by atoms with Crippen LogP contribution in [0.25, 0.3) is 0 Å². The Hall–Kier alpha value is -2.93. The molecule has 2 aliphatic rings. The number of benzene rings is 2. The van der Waals surface area contributed by atoms with Gasteiger partial charge in [0.2, 0.25) is 12.7 Å². The molecule has 0 N–H and O–H groups in total. The molecule has 2 aromatic rings. The van der Waals surface area contributed by atoms with Crippen molar-refractivity contribution in [2.75, 3.05) is 47.2 Å². The first-order valence-corrected chi connectivity index (χ1v) is 10.3. The maximum absolute atomic E-state index is 12.7. The van der Waals surface area contributed by atoms with Crippen molar-refractivity contribution in [1.82, 2.24) is 9.80 Å². The van der Waals surface area contributed by atoms with Crippen LogP contribution in [-0.4, -0.2) is 62.9 Å². The first-order valence-electron chi connectivity index (χ1n) is 10.3. The highest BCUT2D eigenvalue weighted by molar-refractivity contribution is 5.76. The Morgan fingerprint density at radius 1 is 0.900 bits per heavy atom. The van der Waals surface area contributed by atoms with Crippen molar-refractivity contribution in [3.63, 3.8) is 0 Å². The number of piperazine rings is 1. The van der Waals surface area contributed by atoms with Gasteiger partial charge in [0.1, 0.15) is 0 Å². The molecule has 1 saturated heterocycles. The van der Waals surface area contributed by atoms with Gasteiger partial charge in [-0.05, 0) is 41.8 Å². The Kier molecular flexibility index (Phi) is 6.28. The first-order chi connectivity index (χ1) is 14.7. The van der Waals surface area contributed by atoms with Crippen molar-refractivity contribution < 1.29 is 23.7 Å². The van der Waals surface area contributed by atoms with Crippen LogP contribution in [0.3, 0.4) is 0 Å². The fraction of sp³-hybridized carbons (Fsp3) is 0.435. The molecule has 0 spiro atoms. The van der Waals surface area contributed by atoms with E-state index in [1.54, 1.807) is 14.2 Å². The molecule has 0 aliphatic carbocycles. The Bertz CT molecular complexity index is 893. The zero-order chi connectivity index (χ0) is 20.9. The van der Waals surface area contributed by atoms with Crippen LogP contribution in [-0.2, 0) is 17.8 Å². The van der Waals surface area contributed by atoms with Gasteiger partial charge in [0.05, 0.1) is 14.2 Å². The minimum absolute atomic E-state index is 0.201. The van der Waals surface area contributed by atoms with Crippen LogP contribution < -0.4 is 18.9 Å². The van der Waals surface area contributed by atoms with E-state index in [0.29, 0.717) is 31.1 Å². The van der Waals surface area contributed by atoms with Crippen LogP contribution in [0.2, 0.25) is 0 Å². The summed E-state index contributed by atoms with van der Waals surface area (Å²) in [6.07, 6.45) is 1.19. The van der Waals surface area contributed by atoms with Crippen molar-refractivity contribution in [1.29, 1.82) is 0 Å². The lowest BCUT2D eigenvalue weighted by molar-refractivity contribution is -0.133. The van der Waals surface area contributed by atoms with Gasteiger partial charge >= 0.3 is 0 Å². The van der Waals surface area contributed by atoms with E-state index >= 15 is 0 Å². The van der Waals surface area contributed by atoms with Crippen LogP contribution in [0.15, 0.2) is 36.4 Å². The summed E-state index contributed by atoms with van der Waals surface area (Å²) in [5, 5.41) is 0. The van der Waals surface area contributed by atoms with Gasteiger partial charge < -0.3 is 23.8 Å². The van der Waals surface area contributed by atoms with Crippen LogP contribution in [0.4, 0.5) is 0 Å². The predicted molar refractivity (Wildman–Crippen MR) is 112 cm³/mol. The molecule has 7 heteroatoms. The average Bonchev–Trinajstić information content (AvgIpc) is 3.25. The third kappa shape index (κ3) is 4.62. The van der Waals surface area contributed by atoms with E-state index in [1.807, 2.05) is 35.2 Å². The summed E-state index contributed by atoms with van der Waals surface area (Å²) in [6, 6.07) is 11.9. The number of methoxy groups -OCH3 is 2. The summed E-state index contributed by atoms with van der Waals surface area (Å²) in [5.41, 5.74) is 2.27. The van der Waals surface area contributed by atoms with E-state index in [4.69, 9.17) is 18.9 Å². The van der Waals surface area contributed by atoms with Gasteiger partial charge in [-0.3, -0.25) is 9.69 Å². The summed E-state index contributed by atoms with van der Waals surface area (Å²) in [7, 11) is 3.24. The molecule has 30 heavy (non-hydrogen) atoms. The highest BCUT2D eigenvalue weighted by Crippen LogP contribution is 2.33. The second-order valence-electron chi connectivity index (χ2n) is 7.53. The van der Waals surface area contributed by atoms with Gasteiger partial charge in [-0.15, -0.1) is 0 Å². The van der Waals surface area contributed by atoms with Crippen LogP contribution in [0.5, 0.6) is 23.0 Å². The second kappa shape index (κ2) is 9.26. The number of hydrogen-bond donors (Lipinski definition) is 0. The average molecular weight is 412 g/mol. The maximum Gasteiger partial charge on any atom is 0.231 e. The van der Waals surface area contributed by atoms with E-state index in [-0.39, 0.29) is 5.91 Å². The Balaban J connectivity index is 1.24. The van der Waals surface area contributed by atoms with Crippen molar-refractivity contribution >= 4 is 5.91 Å². The van der Waals surface area contributed by atoms with Crippen molar-refractivity contribution in [2.45, 2.75) is 19.4 Å². The summed E-state index contributed by atoms with van der Waals surface area (Å²) in [6.45, 7) is 4.41. The lowest BCUT2D eigenvalue weighted by atomic mass is 10.1. The molecule has 2 heterocycles. The maximum atomic E-state index is 12.7. The number of fused-ring (bicyclic) bond motifs is 1. The Morgan fingerprint density at radius 3 is 2.40 bits per heavy atom. The molecule has 0 radical (unpaired) electrons. The van der Waals surface area contributed by atoms with Crippen LogP contribution in [0.1, 0.15) is 17.5 Å². The van der Waals surface area contributed by atoms with E-state index in [1.165, 1.54) is 5.56 Å². The van der Waals surface area contributed by atoms with Gasteiger partial charge in [-0.2, -0.15) is 0 Å². The number of hydrogen-bond acceptors (Lipinski definition) is 6. The zero-order valence-corrected chi connectivity index (χ0v) is 17.6. The highest BCUT2D eigenvalue weighted by Gasteiger charge is 2.22. The SMILES string of the molecule is COc1ccc(CCC(=O)N2CCN(Cc3ccc4c(c3)OCO4)CC2)cc1OC. The van der Waals surface area contributed by atoms with Crippen molar-refractivity contribution in [3.05, 3.63) is 47.5 Å². The van der Waals surface area contributed by atoms with Crippen LogP contribution >= 0.6 is 0 Å². The Labute approximate surface area is 177 Å². The van der Waals surface area contributed by atoms with Gasteiger partial charge in [0.25, 0.3) is 0 Å². The number of ether oxygens (including phenoxy) is 4. The molecule has 0 atom stereocenters. The third-order valence-electron chi connectivity index (χ3n) is 5.64. The van der Waals surface area contributed by atoms with E-state index in [9.17, 15) is 4.79 Å². The molecule has 1 fully saturated rings. The largest absolute Gasteiger partial charge is 0.493 e. The quantitative estimate of drug-likeness (QED) is 0.697. The van der Waals surface area contributed by atoms with E-state index in [0.717, 1.165) is 49.8 Å². The summed E-state index contributed by atoms with van der Waals surface area (Å²) < 4.78 is 21.4. The number of carbonyl (C=O) groups is 1. The fourth-order valence-corrected chi connectivity index (χ4v) is 3.90. The fourth-order valence-electron chi connectivity index (χ4n) is 3.90. The summed E-state index contributed by atoms with van der Waals surface area (Å²) >= 11 is 0. The lowest BCUT2D eigenvalue weighted by Gasteiger charge is -2.35. The summed E-state index contributed by atoms with van der Waals surface area (Å²) in [5.74, 6) is 3.22. The molecule has 7 nitrogen and oxygen atoms in total. The van der Waals surface area contributed by atoms with Gasteiger partial charge in [-0.1, -0.05) is 12.1 Å². The molecule has 0 unspecified atom stereocenters. The van der Waals surface area contributed by atoms with Crippen molar-refractivity contribution in [3.8, 4) is 23.0 Å². The van der Waals surface area contributed by atoms with E-state index in [2.05, 4.69) is 11.0 Å². The molecule has 0 bridgehead atoms. The van der Waals surface area contributed by atoms with Gasteiger partial charge in [0.15, 0.2) is 23.0 Å². The number of carbonyl (C=O) groups excluding carboxylic acids is 1. The number of amides is 1. The smallest absolute Gasteiger partial charge is 0.231 e. The summed E-state index contributed by atoms with van der Waals surface area (Å²) in [4.78, 5) is 17.0. The number of aryl methyl sites for hydroxylation is 1. The van der Waals surface area contributed by atoms with Gasteiger partial charge in [0, 0.05) is 39.1 Å². The Morgan fingerprint density at radius 2 is 1.63 bits per heavy atom. The number of nitrogens with zero attached hydrogens (tertiary/aromatic N) is 2. The van der Waals surface area contributed by atoms with E-state index < -0.39 is 0 Å². The molecule has 2 aliphatic heterocycles. The molecule has 4 rings (SSSR count). The minimum atomic E-state index is 0.201. The molecule has 1 amide bonds. The van der Waals surface area contributed by atoms with Crippen molar-refractivity contribution in [2.24, 2.45) is 0 Å². The topological polar surface area (TPSA) is 60.5 Å². The molecule has 160 valence electrons. The normalized spacial score (nSPS) is 15.9. The molecule has 0 aromatic heterocycles. The molecular weight excluding hydrogens is 384 g/mol. The molecule has 0 saturated carbocycles. The third-order valence-corrected chi connectivity index (χ3v) is 5.64.